The van der Waals surface area contributed by atoms with E-state index in [1.165, 1.54) is 0 Å². The summed E-state index contributed by atoms with van der Waals surface area (Å²) in [6, 6.07) is 1.73. The molecule has 2 heterocycles. The van der Waals surface area contributed by atoms with Crippen LogP contribution in [0.2, 0.25) is 5.15 Å². The molecule has 1 aromatic heterocycles. The Kier molecular flexibility index (Phi) is 3.38. The van der Waals surface area contributed by atoms with Gasteiger partial charge in [-0.2, -0.15) is 0 Å². The molecule has 1 atom stereocenters. The average Bonchev–Trinajstić information content (AvgIpc) is 2.65. The average molecular weight is 228 g/mol. The number of aromatic nitrogens is 2. The summed E-state index contributed by atoms with van der Waals surface area (Å²) in [5, 5.41) is 3.68. The van der Waals surface area contributed by atoms with Gasteiger partial charge in [0.05, 0.1) is 6.10 Å². The number of aryl methyl sites for hydroxylation is 1. The molecule has 0 saturated carbocycles. The van der Waals surface area contributed by atoms with Crippen molar-refractivity contribution in [3.63, 3.8) is 0 Å². The standard InChI is InChI=1S/C10H14ClN3O/c1-7-13-9(11)5-10(14-7)12-6-8-3-2-4-15-8/h5,8H,2-4,6H2,1H3,(H,12,13,14). The molecule has 1 aliphatic rings. The Hall–Kier alpha value is -0.870. The Morgan fingerprint density at radius 2 is 2.47 bits per heavy atom. The van der Waals surface area contributed by atoms with Crippen molar-refractivity contribution < 1.29 is 4.74 Å². The Bertz CT molecular complexity index is 319. The molecular weight excluding hydrogens is 214 g/mol. The van der Waals surface area contributed by atoms with Gasteiger partial charge in [-0.05, 0) is 19.8 Å². The maximum Gasteiger partial charge on any atom is 0.134 e. The lowest BCUT2D eigenvalue weighted by Gasteiger charge is -2.11. The molecule has 1 saturated heterocycles. The van der Waals surface area contributed by atoms with Crippen LogP contribution in [0, 0.1) is 6.92 Å². The molecule has 15 heavy (non-hydrogen) atoms. The molecule has 4 nitrogen and oxygen atoms in total. The summed E-state index contributed by atoms with van der Waals surface area (Å²) in [7, 11) is 0. The maximum atomic E-state index is 5.82. The molecule has 82 valence electrons. The number of ether oxygens (including phenoxy) is 1. The van der Waals surface area contributed by atoms with E-state index in [0.29, 0.717) is 17.1 Å². The van der Waals surface area contributed by atoms with Crippen LogP contribution in [0.4, 0.5) is 5.82 Å². The molecule has 1 unspecified atom stereocenters. The lowest BCUT2D eigenvalue weighted by atomic mass is 10.2. The highest BCUT2D eigenvalue weighted by Gasteiger charge is 2.15. The molecule has 0 amide bonds. The molecule has 1 aromatic rings. The summed E-state index contributed by atoms with van der Waals surface area (Å²) < 4.78 is 5.50. The van der Waals surface area contributed by atoms with Crippen LogP contribution >= 0.6 is 11.6 Å². The second-order valence-electron chi connectivity index (χ2n) is 3.64. The third-order valence-corrected chi connectivity index (χ3v) is 2.54. The quantitative estimate of drug-likeness (QED) is 0.803. The third-order valence-electron chi connectivity index (χ3n) is 2.34. The molecule has 0 aromatic carbocycles. The molecular formula is C10H14ClN3O. The van der Waals surface area contributed by atoms with Crippen LogP contribution in [0.3, 0.4) is 0 Å². The first-order valence-corrected chi connectivity index (χ1v) is 5.48. The Balaban J connectivity index is 1.92. The third kappa shape index (κ3) is 3.04. The van der Waals surface area contributed by atoms with Crippen molar-refractivity contribution in [2.45, 2.75) is 25.9 Å². The lowest BCUT2D eigenvalue weighted by molar-refractivity contribution is 0.120. The van der Waals surface area contributed by atoms with Gasteiger partial charge in [0.2, 0.25) is 0 Å². The number of nitrogens with zero attached hydrogens (tertiary/aromatic N) is 2. The fourth-order valence-corrected chi connectivity index (χ4v) is 1.87. The van der Waals surface area contributed by atoms with Crippen LogP contribution in [0.1, 0.15) is 18.7 Å². The van der Waals surface area contributed by atoms with Gasteiger partial charge in [-0.15, -0.1) is 0 Å². The minimum Gasteiger partial charge on any atom is -0.376 e. The normalized spacial score (nSPS) is 20.5. The van der Waals surface area contributed by atoms with Crippen molar-refractivity contribution in [1.82, 2.24) is 9.97 Å². The van der Waals surface area contributed by atoms with Gasteiger partial charge in [-0.25, -0.2) is 9.97 Å². The number of hydrogen-bond donors (Lipinski definition) is 1. The van der Waals surface area contributed by atoms with Crippen LogP contribution in [-0.4, -0.2) is 29.2 Å². The highest BCUT2D eigenvalue weighted by Crippen LogP contribution is 2.14. The minimum atomic E-state index is 0.305. The molecule has 1 aliphatic heterocycles. The number of halogens is 1. The zero-order valence-electron chi connectivity index (χ0n) is 8.66. The van der Waals surface area contributed by atoms with E-state index >= 15 is 0 Å². The predicted octanol–water partition coefficient (Wildman–Crippen LogP) is 2.03. The van der Waals surface area contributed by atoms with Gasteiger partial charge in [0.15, 0.2) is 0 Å². The van der Waals surface area contributed by atoms with E-state index in [-0.39, 0.29) is 0 Å². The summed E-state index contributed by atoms with van der Waals surface area (Å²) >= 11 is 5.82. The van der Waals surface area contributed by atoms with Crippen molar-refractivity contribution in [2.24, 2.45) is 0 Å². The topological polar surface area (TPSA) is 47.0 Å². The Labute approximate surface area is 94.0 Å². The van der Waals surface area contributed by atoms with E-state index in [2.05, 4.69) is 15.3 Å². The summed E-state index contributed by atoms with van der Waals surface area (Å²) in [5.74, 6) is 1.44. The maximum absolute atomic E-state index is 5.82. The largest absolute Gasteiger partial charge is 0.376 e. The van der Waals surface area contributed by atoms with Gasteiger partial charge in [0.1, 0.15) is 16.8 Å². The summed E-state index contributed by atoms with van der Waals surface area (Å²) in [6.45, 7) is 3.48. The number of nitrogens with one attached hydrogen (secondary N) is 1. The van der Waals surface area contributed by atoms with Crippen LogP contribution < -0.4 is 5.32 Å². The van der Waals surface area contributed by atoms with Crippen molar-refractivity contribution in [2.75, 3.05) is 18.5 Å². The number of hydrogen-bond acceptors (Lipinski definition) is 4. The van der Waals surface area contributed by atoms with E-state index in [4.69, 9.17) is 16.3 Å². The Morgan fingerprint density at radius 1 is 1.60 bits per heavy atom. The van der Waals surface area contributed by atoms with E-state index in [0.717, 1.165) is 31.8 Å². The van der Waals surface area contributed by atoms with Gasteiger partial charge in [0.25, 0.3) is 0 Å². The predicted molar refractivity (Wildman–Crippen MR) is 59.2 cm³/mol. The van der Waals surface area contributed by atoms with Gasteiger partial charge < -0.3 is 10.1 Å². The van der Waals surface area contributed by atoms with Crippen molar-refractivity contribution in [3.8, 4) is 0 Å². The highest BCUT2D eigenvalue weighted by atomic mass is 35.5. The fraction of sp³-hybridized carbons (Fsp3) is 0.600. The van der Waals surface area contributed by atoms with Crippen LogP contribution in [0.5, 0.6) is 0 Å². The first kappa shape index (κ1) is 10.6. The molecule has 0 radical (unpaired) electrons. The van der Waals surface area contributed by atoms with Gasteiger partial charge in [0, 0.05) is 19.2 Å². The SMILES string of the molecule is Cc1nc(Cl)cc(NCC2CCCO2)n1. The second kappa shape index (κ2) is 4.77. The highest BCUT2D eigenvalue weighted by molar-refractivity contribution is 6.29. The molecule has 2 rings (SSSR count). The van der Waals surface area contributed by atoms with Crippen molar-refractivity contribution >= 4 is 17.4 Å². The van der Waals surface area contributed by atoms with Crippen LogP contribution in [0.25, 0.3) is 0 Å². The first-order valence-electron chi connectivity index (χ1n) is 5.11. The lowest BCUT2D eigenvalue weighted by Crippen LogP contribution is -2.19. The molecule has 0 bridgehead atoms. The number of anilines is 1. The van der Waals surface area contributed by atoms with E-state index in [1.54, 1.807) is 6.07 Å². The minimum absolute atomic E-state index is 0.305. The molecule has 5 heteroatoms. The van der Waals surface area contributed by atoms with Crippen LogP contribution in [0.15, 0.2) is 6.07 Å². The number of rotatable bonds is 3. The van der Waals surface area contributed by atoms with Gasteiger partial charge in [-0.3, -0.25) is 0 Å². The zero-order chi connectivity index (χ0) is 10.7. The van der Waals surface area contributed by atoms with Gasteiger partial charge in [-0.1, -0.05) is 11.6 Å². The van der Waals surface area contributed by atoms with Crippen molar-refractivity contribution in [1.29, 1.82) is 0 Å². The first-order chi connectivity index (χ1) is 7.24. The molecule has 0 spiro atoms. The fourth-order valence-electron chi connectivity index (χ4n) is 1.65. The summed E-state index contributed by atoms with van der Waals surface area (Å²) in [5.41, 5.74) is 0. The van der Waals surface area contributed by atoms with Crippen molar-refractivity contribution in [3.05, 3.63) is 17.0 Å². The second-order valence-corrected chi connectivity index (χ2v) is 4.03. The van der Waals surface area contributed by atoms with E-state index < -0.39 is 0 Å². The molecule has 1 N–H and O–H groups in total. The molecule has 0 aliphatic carbocycles. The monoisotopic (exact) mass is 227 g/mol. The van der Waals surface area contributed by atoms with E-state index in [1.807, 2.05) is 6.92 Å². The summed E-state index contributed by atoms with van der Waals surface area (Å²) in [6.07, 6.45) is 2.57. The van der Waals surface area contributed by atoms with Crippen LogP contribution in [-0.2, 0) is 4.74 Å². The smallest absolute Gasteiger partial charge is 0.134 e. The molecule has 1 fully saturated rings. The zero-order valence-corrected chi connectivity index (χ0v) is 9.42. The summed E-state index contributed by atoms with van der Waals surface area (Å²) in [4.78, 5) is 8.23. The Morgan fingerprint density at radius 3 is 3.13 bits per heavy atom. The van der Waals surface area contributed by atoms with Gasteiger partial charge >= 0.3 is 0 Å². The van der Waals surface area contributed by atoms with E-state index in [9.17, 15) is 0 Å².